The van der Waals surface area contributed by atoms with E-state index in [-0.39, 0.29) is 36.7 Å². The summed E-state index contributed by atoms with van der Waals surface area (Å²) in [6, 6.07) is 28.3. The number of carbonyl (C=O) groups is 3. The van der Waals surface area contributed by atoms with E-state index in [1.165, 1.54) is 11.6 Å². The molecule has 13 heteroatoms. The summed E-state index contributed by atoms with van der Waals surface area (Å²) in [5.74, 6) is -0.581. The molecule has 3 amide bonds. The quantitative estimate of drug-likeness (QED) is 0.135. The van der Waals surface area contributed by atoms with E-state index < -0.39 is 5.82 Å². The highest BCUT2D eigenvalue weighted by Gasteiger charge is 2.33. The Morgan fingerprint density at radius 3 is 2.36 bits per heavy atom. The maximum Gasteiger partial charge on any atom is 0.264 e. The number of hydrogen-bond acceptors (Lipinski definition) is 7. The number of morpholine rings is 1. The van der Waals surface area contributed by atoms with Gasteiger partial charge in [-0.05, 0) is 90.9 Å². The lowest BCUT2D eigenvalue weighted by molar-refractivity contribution is -0.131. The van der Waals surface area contributed by atoms with Crippen LogP contribution in [0, 0.1) is 12.7 Å². The number of anilines is 2. The number of rotatable bonds is 11. The zero-order valence-corrected chi connectivity index (χ0v) is 36.9. The third kappa shape index (κ3) is 8.69. The summed E-state index contributed by atoms with van der Waals surface area (Å²) in [4.78, 5) is 51.3. The van der Waals surface area contributed by atoms with Gasteiger partial charge in [-0.15, -0.1) is 0 Å². The molecule has 0 N–H and O–H groups in total. The average molecular weight is 864 g/mol. The summed E-state index contributed by atoms with van der Waals surface area (Å²) in [6.45, 7) is 9.46. The maximum atomic E-state index is 15.4. The van der Waals surface area contributed by atoms with Crippen LogP contribution in [0.15, 0.2) is 103 Å². The van der Waals surface area contributed by atoms with Gasteiger partial charge in [0.15, 0.2) is 0 Å². The summed E-state index contributed by atoms with van der Waals surface area (Å²) < 4.78 is 30.3. The number of halogens is 1. The smallest absolute Gasteiger partial charge is 0.264 e. The first-order chi connectivity index (χ1) is 31.0. The third-order valence-corrected chi connectivity index (χ3v) is 13.1. The van der Waals surface area contributed by atoms with E-state index >= 15 is 9.18 Å². The minimum absolute atomic E-state index is 0.0630. The number of carbonyl (C=O) groups excluding carboxylic acids is 3. The number of para-hydroxylation sites is 1. The summed E-state index contributed by atoms with van der Waals surface area (Å²) >= 11 is 0. The van der Waals surface area contributed by atoms with Crippen molar-refractivity contribution in [3.8, 4) is 17.0 Å². The fourth-order valence-corrected chi connectivity index (χ4v) is 9.25. The molecule has 0 radical (unpaired) electrons. The molecule has 0 unspecified atom stereocenters. The number of aromatic nitrogens is 3. The van der Waals surface area contributed by atoms with E-state index in [0.717, 1.165) is 59.7 Å². The van der Waals surface area contributed by atoms with Crippen molar-refractivity contribution in [1.82, 2.24) is 29.0 Å². The Kier molecular flexibility index (Phi) is 12.2. The summed E-state index contributed by atoms with van der Waals surface area (Å²) in [5, 5.41) is 4.36. The van der Waals surface area contributed by atoms with Gasteiger partial charge in [-0.25, -0.2) is 4.39 Å². The van der Waals surface area contributed by atoms with Gasteiger partial charge in [-0.2, -0.15) is 5.10 Å². The Hall–Kier alpha value is -6.57. The fraction of sp³-hybridized carbons (Fsp3) is 0.333. The lowest BCUT2D eigenvalue weighted by Crippen LogP contribution is -2.43. The molecule has 9 rings (SSSR count). The molecule has 12 nitrogen and oxygen atoms in total. The van der Waals surface area contributed by atoms with Crippen LogP contribution < -0.4 is 9.64 Å². The van der Waals surface area contributed by atoms with Gasteiger partial charge in [-0.3, -0.25) is 28.9 Å². The van der Waals surface area contributed by atoms with Gasteiger partial charge in [0.1, 0.15) is 18.2 Å². The van der Waals surface area contributed by atoms with Gasteiger partial charge in [0.25, 0.3) is 11.8 Å². The van der Waals surface area contributed by atoms with Crippen LogP contribution in [0.4, 0.5) is 15.8 Å². The van der Waals surface area contributed by atoms with Gasteiger partial charge in [0.2, 0.25) is 5.91 Å². The van der Waals surface area contributed by atoms with E-state index in [4.69, 9.17) is 9.47 Å². The molecular formula is C51H54FN7O5. The zero-order valence-electron chi connectivity index (χ0n) is 36.9. The third-order valence-electron chi connectivity index (χ3n) is 13.1. The Balaban J connectivity index is 1.01. The SMILES string of the molecule is Cc1c(C(=O)N(c2ccccc2)c2cnn(C)c2)cc(-c2cc3c(cc2C(=O)N2Cc4ccccc4C[C@H]2C)CN(C(=O)Cc2ccc(OCCN4CCOCC4)cc2F)CC3)n1C. The number of amides is 3. The van der Waals surface area contributed by atoms with Crippen LogP contribution in [0.25, 0.3) is 11.3 Å². The van der Waals surface area contributed by atoms with Crippen LogP contribution in [-0.4, -0.2) is 98.8 Å². The van der Waals surface area contributed by atoms with Gasteiger partial charge >= 0.3 is 0 Å². The summed E-state index contributed by atoms with van der Waals surface area (Å²) in [6.07, 6.45) is 4.67. The van der Waals surface area contributed by atoms with Crippen LogP contribution >= 0.6 is 0 Å². The molecule has 1 atom stereocenters. The van der Waals surface area contributed by atoms with E-state index in [0.29, 0.717) is 73.1 Å². The van der Waals surface area contributed by atoms with Crippen LogP contribution in [-0.2, 0) is 56.0 Å². The van der Waals surface area contributed by atoms with Crippen molar-refractivity contribution in [2.75, 3.05) is 50.9 Å². The topological polar surface area (TPSA) is 105 Å². The van der Waals surface area contributed by atoms with Crippen LogP contribution in [0.2, 0.25) is 0 Å². The minimum atomic E-state index is -0.479. The first kappa shape index (κ1) is 42.7. The number of benzene rings is 4. The minimum Gasteiger partial charge on any atom is -0.492 e. The van der Waals surface area contributed by atoms with E-state index in [2.05, 4.69) is 35.1 Å². The van der Waals surface area contributed by atoms with Crippen molar-refractivity contribution in [2.24, 2.45) is 14.1 Å². The molecule has 330 valence electrons. The van der Waals surface area contributed by atoms with Crippen molar-refractivity contribution in [1.29, 1.82) is 0 Å². The molecule has 0 spiro atoms. The molecule has 6 aromatic rings. The Morgan fingerprint density at radius 1 is 0.844 bits per heavy atom. The molecule has 3 aliphatic heterocycles. The highest BCUT2D eigenvalue weighted by atomic mass is 19.1. The zero-order chi connectivity index (χ0) is 44.5. The van der Waals surface area contributed by atoms with Crippen molar-refractivity contribution in [3.63, 3.8) is 0 Å². The molecule has 1 fully saturated rings. The maximum absolute atomic E-state index is 15.4. The Morgan fingerprint density at radius 2 is 1.61 bits per heavy atom. The van der Waals surface area contributed by atoms with Gasteiger partial charge in [0.05, 0.1) is 37.1 Å². The van der Waals surface area contributed by atoms with E-state index in [9.17, 15) is 9.59 Å². The molecule has 1 saturated heterocycles. The monoisotopic (exact) mass is 863 g/mol. The summed E-state index contributed by atoms with van der Waals surface area (Å²) in [5.41, 5.74) is 9.09. The van der Waals surface area contributed by atoms with Crippen LogP contribution in [0.1, 0.15) is 61.2 Å². The second-order valence-electron chi connectivity index (χ2n) is 17.2. The largest absolute Gasteiger partial charge is 0.492 e. The fourth-order valence-electron chi connectivity index (χ4n) is 9.25. The van der Waals surface area contributed by atoms with Gasteiger partial charge in [-0.1, -0.05) is 48.5 Å². The van der Waals surface area contributed by atoms with Crippen LogP contribution in [0.5, 0.6) is 5.75 Å². The average Bonchev–Trinajstić information content (AvgIpc) is 3.87. The highest BCUT2D eigenvalue weighted by molar-refractivity contribution is 6.12. The normalized spacial score (nSPS) is 16.3. The van der Waals surface area contributed by atoms with Crippen molar-refractivity contribution in [3.05, 3.63) is 154 Å². The lowest BCUT2D eigenvalue weighted by atomic mass is 9.89. The molecule has 0 saturated carbocycles. The number of nitrogens with zero attached hydrogens (tertiary/aromatic N) is 7. The second-order valence-corrected chi connectivity index (χ2v) is 17.2. The molecule has 0 aliphatic carbocycles. The number of aryl methyl sites for hydroxylation is 1. The van der Waals surface area contributed by atoms with E-state index in [1.54, 1.807) is 32.8 Å². The Labute approximate surface area is 373 Å². The first-order valence-electron chi connectivity index (χ1n) is 22.1. The standard InChI is InChI=1S/C51H54FN7O5/c1-34-24-36-10-8-9-11-39(36)32-58(34)50(61)46-26-40-31-57(49(60)27-38-14-15-43(28-47(38)52)64-23-20-56-18-21-63-22-19-56)17-16-37(40)25-45(46)48-29-44(35(2)55(48)4)51(62)59(41-12-6-5-7-13-41)42-30-53-54(3)33-42/h5-15,25-26,28-30,33-34H,16-24,27,31-32H2,1-4H3/t34-/m1/s1. The summed E-state index contributed by atoms with van der Waals surface area (Å²) in [7, 11) is 3.74. The molecule has 64 heavy (non-hydrogen) atoms. The molecule has 3 aliphatic rings. The van der Waals surface area contributed by atoms with Gasteiger partial charge in [0, 0.05) is 99.9 Å². The predicted molar refractivity (Wildman–Crippen MR) is 243 cm³/mol. The van der Waals surface area contributed by atoms with Gasteiger partial charge < -0.3 is 23.8 Å². The Bertz CT molecular complexity index is 2700. The first-order valence-corrected chi connectivity index (χ1v) is 22.1. The molecule has 4 aromatic carbocycles. The van der Waals surface area contributed by atoms with Crippen molar-refractivity contribution < 1.29 is 28.2 Å². The lowest BCUT2D eigenvalue weighted by Gasteiger charge is -2.36. The van der Waals surface area contributed by atoms with E-state index in [1.807, 2.05) is 91.3 Å². The molecular weight excluding hydrogens is 810 g/mol. The van der Waals surface area contributed by atoms with Crippen molar-refractivity contribution >= 4 is 29.1 Å². The highest BCUT2D eigenvalue weighted by Crippen LogP contribution is 2.37. The molecule has 5 heterocycles. The molecule has 2 aromatic heterocycles. The molecule has 0 bridgehead atoms. The predicted octanol–water partition coefficient (Wildman–Crippen LogP) is 7.28. The number of ether oxygens (including phenoxy) is 2. The second kappa shape index (κ2) is 18.3. The number of hydrogen-bond donors (Lipinski definition) is 0. The van der Waals surface area contributed by atoms with Crippen LogP contribution in [0.3, 0.4) is 0 Å². The van der Waals surface area contributed by atoms with Crippen molar-refractivity contribution in [2.45, 2.75) is 52.2 Å². The number of fused-ring (bicyclic) bond motifs is 2.